The van der Waals surface area contributed by atoms with Gasteiger partial charge in [0.05, 0.1) is 27.1 Å². The fourth-order valence-corrected chi connectivity index (χ4v) is 5.79. The van der Waals surface area contributed by atoms with Crippen LogP contribution in [0.2, 0.25) is 0 Å². The minimum absolute atomic E-state index is 0. The van der Waals surface area contributed by atoms with Crippen LogP contribution in [0.1, 0.15) is 65.0 Å². The molecule has 1 atom stereocenters. The SMILES string of the molecule is CC(C)(C)c1ccc(C(Cc2ccc(C(=O)NCCS(=O)(=O)[O-])cc2)c2cc(-c3cccc(-c4ccccc4C(F)(F)F)c3)on2)cc1.[Na+]. The number of hydrogen-bond donors (Lipinski definition) is 1. The molecule has 49 heavy (non-hydrogen) atoms. The topological polar surface area (TPSA) is 112 Å². The van der Waals surface area contributed by atoms with Crippen LogP contribution in [0.3, 0.4) is 0 Å². The number of alkyl halides is 3. The van der Waals surface area contributed by atoms with Crippen molar-refractivity contribution in [2.45, 2.75) is 44.7 Å². The Hall–Kier alpha value is -3.74. The summed E-state index contributed by atoms with van der Waals surface area (Å²) >= 11 is 0. The van der Waals surface area contributed by atoms with Gasteiger partial charge in [-0.25, -0.2) is 8.42 Å². The van der Waals surface area contributed by atoms with E-state index in [9.17, 15) is 30.9 Å². The summed E-state index contributed by atoms with van der Waals surface area (Å²) in [4.78, 5) is 12.5. The summed E-state index contributed by atoms with van der Waals surface area (Å²) in [6, 6.07) is 29.0. The molecule has 0 aliphatic heterocycles. The van der Waals surface area contributed by atoms with Crippen molar-refractivity contribution in [2.24, 2.45) is 0 Å². The average Bonchev–Trinajstić information content (AvgIpc) is 3.53. The standard InChI is InChI=1S/C37H35F3N2O5S.Na/c1-36(2,3)29-17-15-25(16-18-29)31(21-24-11-13-26(14-12-24)35(43)41-19-20-48(44,45)46)33-23-34(47-42-33)28-8-6-7-27(22-28)30-9-4-5-10-32(30)37(38,39)40;/h4-18,22-23,31H,19-21H2,1-3H3,(H,41,43)(H,44,45,46);/q;+1/p-1. The number of amides is 1. The van der Waals surface area contributed by atoms with E-state index in [1.54, 1.807) is 60.7 Å². The number of carbonyl (C=O) groups excluding carboxylic acids is 1. The number of hydrogen-bond acceptors (Lipinski definition) is 6. The average molecular weight is 699 g/mol. The van der Waals surface area contributed by atoms with Gasteiger partial charge in [-0.05, 0) is 63.9 Å². The number of halogens is 3. The van der Waals surface area contributed by atoms with Crippen LogP contribution >= 0.6 is 0 Å². The first-order valence-corrected chi connectivity index (χ1v) is 16.8. The van der Waals surface area contributed by atoms with Gasteiger partial charge in [0.2, 0.25) is 0 Å². The van der Waals surface area contributed by atoms with Gasteiger partial charge in [-0.1, -0.05) is 98.7 Å². The molecule has 0 aliphatic carbocycles. The van der Waals surface area contributed by atoms with Gasteiger partial charge in [0, 0.05) is 29.7 Å². The summed E-state index contributed by atoms with van der Waals surface area (Å²) < 4.78 is 79.6. The smallest absolute Gasteiger partial charge is 0.748 e. The van der Waals surface area contributed by atoms with Crippen LogP contribution in [-0.2, 0) is 28.1 Å². The zero-order chi connectivity index (χ0) is 34.7. The molecule has 250 valence electrons. The molecule has 4 aromatic carbocycles. The molecule has 7 nitrogen and oxygen atoms in total. The molecule has 1 aromatic heterocycles. The molecule has 0 aliphatic rings. The van der Waals surface area contributed by atoms with Gasteiger partial charge in [0.25, 0.3) is 5.91 Å². The Kier molecular flexibility index (Phi) is 12.0. The van der Waals surface area contributed by atoms with Gasteiger partial charge < -0.3 is 14.4 Å². The minimum atomic E-state index is -4.51. The normalized spacial score (nSPS) is 12.6. The quantitative estimate of drug-likeness (QED) is 0.163. The predicted molar refractivity (Wildman–Crippen MR) is 176 cm³/mol. The largest absolute Gasteiger partial charge is 1.00 e. The van der Waals surface area contributed by atoms with E-state index >= 15 is 0 Å². The molecule has 0 saturated carbocycles. The summed E-state index contributed by atoms with van der Waals surface area (Å²) in [6.07, 6.45) is -4.03. The van der Waals surface area contributed by atoms with Crippen molar-refractivity contribution in [1.82, 2.24) is 10.5 Å². The van der Waals surface area contributed by atoms with Gasteiger partial charge in [-0.3, -0.25) is 4.79 Å². The molecule has 0 bridgehead atoms. The first kappa shape index (κ1) is 38.1. The Morgan fingerprint density at radius 1 is 0.878 bits per heavy atom. The Bertz CT molecular complexity index is 2000. The van der Waals surface area contributed by atoms with Crippen LogP contribution in [0.25, 0.3) is 22.5 Å². The monoisotopic (exact) mass is 698 g/mol. The van der Waals surface area contributed by atoms with Gasteiger partial charge in [-0.15, -0.1) is 0 Å². The zero-order valence-corrected chi connectivity index (χ0v) is 30.4. The summed E-state index contributed by atoms with van der Waals surface area (Å²) in [6.45, 7) is 6.09. The number of rotatable bonds is 10. The van der Waals surface area contributed by atoms with Crippen molar-refractivity contribution >= 4 is 16.0 Å². The van der Waals surface area contributed by atoms with Gasteiger partial charge in [0.15, 0.2) is 5.76 Å². The van der Waals surface area contributed by atoms with Crippen LogP contribution in [0.15, 0.2) is 108 Å². The van der Waals surface area contributed by atoms with E-state index in [4.69, 9.17) is 4.52 Å². The Labute approximate surface area is 306 Å². The van der Waals surface area contributed by atoms with Crippen molar-refractivity contribution in [2.75, 3.05) is 12.3 Å². The number of aromatic nitrogens is 1. The molecule has 5 aromatic rings. The molecule has 0 spiro atoms. The van der Waals surface area contributed by atoms with E-state index in [1.165, 1.54) is 12.1 Å². The number of nitrogens with one attached hydrogen (secondary N) is 1. The predicted octanol–water partition coefficient (Wildman–Crippen LogP) is 4.98. The van der Waals surface area contributed by atoms with E-state index < -0.39 is 33.5 Å². The van der Waals surface area contributed by atoms with Gasteiger partial charge in [0.1, 0.15) is 0 Å². The van der Waals surface area contributed by atoms with Crippen molar-refractivity contribution in [3.05, 3.63) is 137 Å². The molecular weight excluding hydrogens is 664 g/mol. The maximum atomic E-state index is 13.8. The number of nitrogens with zero attached hydrogens (tertiary/aromatic N) is 1. The fraction of sp³-hybridized carbons (Fsp3) is 0.243. The third-order valence-electron chi connectivity index (χ3n) is 8.05. The van der Waals surface area contributed by atoms with Gasteiger partial charge >= 0.3 is 35.7 Å². The van der Waals surface area contributed by atoms with Crippen LogP contribution in [0.4, 0.5) is 13.2 Å². The van der Waals surface area contributed by atoms with Gasteiger partial charge in [-0.2, -0.15) is 13.2 Å². The second-order valence-corrected chi connectivity index (χ2v) is 14.1. The third kappa shape index (κ3) is 9.92. The summed E-state index contributed by atoms with van der Waals surface area (Å²) in [5, 5.41) is 6.83. The maximum Gasteiger partial charge on any atom is 1.00 e. The Balaban J connectivity index is 0.00000541. The Morgan fingerprint density at radius 2 is 1.53 bits per heavy atom. The Morgan fingerprint density at radius 3 is 2.16 bits per heavy atom. The van der Waals surface area contributed by atoms with Crippen molar-refractivity contribution in [3.63, 3.8) is 0 Å². The minimum Gasteiger partial charge on any atom is -0.748 e. The zero-order valence-electron chi connectivity index (χ0n) is 27.5. The van der Waals surface area contributed by atoms with E-state index in [1.807, 2.05) is 12.1 Å². The molecular formula is C37H34F3N2NaO5S. The molecule has 0 fully saturated rings. The van der Waals surface area contributed by atoms with Crippen molar-refractivity contribution < 1.29 is 65.0 Å². The first-order chi connectivity index (χ1) is 22.6. The summed E-state index contributed by atoms with van der Waals surface area (Å²) in [5.41, 5.74) is 4.19. The van der Waals surface area contributed by atoms with Crippen LogP contribution in [0.5, 0.6) is 0 Å². The number of benzene rings is 4. The summed E-state index contributed by atoms with van der Waals surface area (Å²) in [7, 11) is -4.44. The summed E-state index contributed by atoms with van der Waals surface area (Å²) in [5.74, 6) is -1.06. The third-order valence-corrected chi connectivity index (χ3v) is 8.75. The van der Waals surface area contributed by atoms with Crippen molar-refractivity contribution in [1.29, 1.82) is 0 Å². The number of carbonyl (C=O) groups is 1. The van der Waals surface area contributed by atoms with Crippen LogP contribution in [0, 0.1) is 0 Å². The molecule has 5 rings (SSSR count). The fourth-order valence-electron chi connectivity index (χ4n) is 5.44. The van der Waals surface area contributed by atoms with E-state index in [2.05, 4.69) is 43.4 Å². The second kappa shape index (κ2) is 15.4. The molecule has 12 heteroatoms. The van der Waals surface area contributed by atoms with E-state index in [0.29, 0.717) is 34.6 Å². The molecule has 1 heterocycles. The van der Waals surface area contributed by atoms with E-state index in [0.717, 1.165) is 22.8 Å². The maximum absolute atomic E-state index is 13.8. The van der Waals surface area contributed by atoms with Crippen LogP contribution in [-0.4, -0.2) is 36.3 Å². The molecule has 1 amide bonds. The van der Waals surface area contributed by atoms with E-state index in [-0.39, 0.29) is 53.0 Å². The first-order valence-electron chi connectivity index (χ1n) is 15.2. The van der Waals surface area contributed by atoms with Crippen molar-refractivity contribution in [3.8, 4) is 22.5 Å². The molecule has 0 radical (unpaired) electrons. The molecule has 0 saturated heterocycles. The second-order valence-electron chi connectivity index (χ2n) is 12.6. The molecule has 1 N–H and O–H groups in total. The van der Waals surface area contributed by atoms with Crippen LogP contribution < -0.4 is 34.9 Å². The molecule has 1 unspecified atom stereocenters.